The summed E-state index contributed by atoms with van der Waals surface area (Å²) >= 11 is 1.56. The van der Waals surface area contributed by atoms with Gasteiger partial charge in [-0.05, 0) is 47.5 Å². The maximum Gasteiger partial charge on any atom is 0.387 e. The van der Waals surface area contributed by atoms with Crippen LogP contribution in [0.3, 0.4) is 0 Å². The molecule has 0 saturated carbocycles. The van der Waals surface area contributed by atoms with Crippen LogP contribution in [-0.2, 0) is 18.0 Å². The lowest BCUT2D eigenvalue weighted by Gasteiger charge is -2.19. The molecular weight excluding hydrogens is 500 g/mol. The minimum atomic E-state index is -2.90. The van der Waals surface area contributed by atoms with E-state index in [4.69, 9.17) is 14.6 Å². The van der Waals surface area contributed by atoms with Gasteiger partial charge in [0.25, 0.3) is 0 Å². The number of hydrogen-bond donors (Lipinski definition) is 1. The first-order valence-electron chi connectivity index (χ1n) is 11.6. The molecule has 4 aromatic rings. The molecule has 5 rings (SSSR count). The van der Waals surface area contributed by atoms with Gasteiger partial charge in [-0.2, -0.15) is 8.78 Å². The summed E-state index contributed by atoms with van der Waals surface area (Å²) in [6.45, 7) is -2.31. The van der Waals surface area contributed by atoms with E-state index in [0.29, 0.717) is 29.3 Å². The van der Waals surface area contributed by atoms with E-state index in [1.807, 2.05) is 54.6 Å². The average Bonchev–Trinajstić information content (AvgIpc) is 3.03. The number of aromatic nitrogens is 1. The number of aliphatic carboxylic acids is 1. The molecule has 0 amide bonds. The second-order valence-corrected chi connectivity index (χ2v) is 9.62. The SMILES string of the molecule is O=C(O)CCSC1c2ccccc2COc2ccc(OCc3ccc4ccc(OC(F)F)cc4n3)cc21. The fourth-order valence-corrected chi connectivity index (χ4v) is 5.50. The summed E-state index contributed by atoms with van der Waals surface area (Å²) in [6.07, 6.45) is 0.0629. The van der Waals surface area contributed by atoms with Crippen molar-refractivity contribution in [3.63, 3.8) is 0 Å². The Hall–Kier alpha value is -3.85. The van der Waals surface area contributed by atoms with E-state index in [-0.39, 0.29) is 24.0 Å². The molecule has 3 aromatic carbocycles. The quantitative estimate of drug-likeness (QED) is 0.265. The molecule has 1 atom stereocenters. The number of carboxylic acid groups (broad SMARTS) is 1. The smallest absolute Gasteiger partial charge is 0.387 e. The van der Waals surface area contributed by atoms with Crippen LogP contribution in [0, 0.1) is 0 Å². The van der Waals surface area contributed by atoms with Crippen LogP contribution in [0.1, 0.15) is 34.1 Å². The first-order valence-corrected chi connectivity index (χ1v) is 12.7. The summed E-state index contributed by atoms with van der Waals surface area (Å²) in [6, 6.07) is 21.9. The van der Waals surface area contributed by atoms with Crippen LogP contribution in [0.4, 0.5) is 8.78 Å². The topological polar surface area (TPSA) is 77.9 Å². The molecular formula is C28H23F2NO5S. The van der Waals surface area contributed by atoms with Crippen LogP contribution in [0.5, 0.6) is 17.2 Å². The largest absolute Gasteiger partial charge is 0.489 e. The highest BCUT2D eigenvalue weighted by molar-refractivity contribution is 7.99. The number of ether oxygens (including phenoxy) is 3. The van der Waals surface area contributed by atoms with Gasteiger partial charge in [0.1, 0.15) is 30.5 Å². The van der Waals surface area contributed by atoms with Crippen molar-refractivity contribution in [3.8, 4) is 17.2 Å². The molecule has 0 saturated heterocycles. The van der Waals surface area contributed by atoms with Crippen molar-refractivity contribution in [1.29, 1.82) is 0 Å². The van der Waals surface area contributed by atoms with Crippen LogP contribution in [0.15, 0.2) is 72.8 Å². The number of thioether (sulfide) groups is 1. The molecule has 190 valence electrons. The lowest BCUT2D eigenvalue weighted by atomic mass is 10.00. The monoisotopic (exact) mass is 523 g/mol. The highest BCUT2D eigenvalue weighted by atomic mass is 32.2. The summed E-state index contributed by atoms with van der Waals surface area (Å²) in [5, 5.41) is 9.82. The summed E-state index contributed by atoms with van der Waals surface area (Å²) in [7, 11) is 0. The van der Waals surface area contributed by atoms with E-state index in [1.165, 1.54) is 12.1 Å². The highest BCUT2D eigenvalue weighted by Crippen LogP contribution is 2.45. The lowest BCUT2D eigenvalue weighted by molar-refractivity contribution is -0.136. The number of hydrogen-bond acceptors (Lipinski definition) is 6. The first kappa shape index (κ1) is 24.8. The van der Waals surface area contributed by atoms with Gasteiger partial charge in [-0.3, -0.25) is 4.79 Å². The van der Waals surface area contributed by atoms with Crippen LogP contribution in [-0.4, -0.2) is 28.4 Å². The number of nitrogens with zero attached hydrogens (tertiary/aromatic N) is 1. The van der Waals surface area contributed by atoms with Gasteiger partial charge in [0.2, 0.25) is 0 Å². The standard InChI is InChI=1S/C28H23F2NO5S/c29-28(30)36-21-8-6-17-5-7-19(31-24(17)14-21)16-34-20-9-10-25-23(13-20)27(37-12-11-26(32)33)22-4-2-1-3-18(22)15-35-25/h1-10,13-14,27-28H,11-12,15-16H2,(H,32,33). The first-order chi connectivity index (χ1) is 18.0. The second-order valence-electron chi connectivity index (χ2n) is 8.41. The van der Waals surface area contributed by atoms with Crippen molar-refractivity contribution < 1.29 is 32.9 Å². The molecule has 9 heteroatoms. The van der Waals surface area contributed by atoms with Gasteiger partial charge in [0.15, 0.2) is 0 Å². The van der Waals surface area contributed by atoms with Crippen LogP contribution >= 0.6 is 11.8 Å². The fourth-order valence-electron chi connectivity index (χ4n) is 4.19. The Morgan fingerprint density at radius 1 is 1.05 bits per heavy atom. The normalized spacial score (nSPS) is 14.4. The van der Waals surface area contributed by atoms with E-state index < -0.39 is 12.6 Å². The van der Waals surface area contributed by atoms with Gasteiger partial charge in [0, 0.05) is 22.8 Å². The van der Waals surface area contributed by atoms with Gasteiger partial charge >= 0.3 is 12.6 Å². The number of benzene rings is 3. The number of carbonyl (C=O) groups is 1. The summed E-state index contributed by atoms with van der Waals surface area (Å²) in [4.78, 5) is 15.6. The summed E-state index contributed by atoms with van der Waals surface area (Å²) in [5.41, 5.74) is 4.22. The van der Waals surface area contributed by atoms with E-state index in [1.54, 1.807) is 17.8 Å². The van der Waals surface area contributed by atoms with Crippen molar-refractivity contribution in [2.24, 2.45) is 0 Å². The molecule has 0 spiro atoms. The Morgan fingerprint density at radius 2 is 1.86 bits per heavy atom. The van der Waals surface area contributed by atoms with Gasteiger partial charge in [-0.25, -0.2) is 4.98 Å². The number of rotatable bonds is 9. The Labute approximate surface area is 216 Å². The molecule has 1 aromatic heterocycles. The molecule has 1 aliphatic heterocycles. The Morgan fingerprint density at radius 3 is 2.70 bits per heavy atom. The summed E-state index contributed by atoms with van der Waals surface area (Å²) < 4.78 is 41.7. The van der Waals surface area contributed by atoms with E-state index in [0.717, 1.165) is 27.8 Å². The maximum absolute atomic E-state index is 12.6. The predicted molar refractivity (Wildman–Crippen MR) is 136 cm³/mol. The van der Waals surface area contributed by atoms with E-state index in [2.05, 4.69) is 9.72 Å². The van der Waals surface area contributed by atoms with Crippen molar-refractivity contribution in [1.82, 2.24) is 4.98 Å². The number of carboxylic acids is 1. The lowest BCUT2D eigenvalue weighted by Crippen LogP contribution is -2.04. The molecule has 0 fully saturated rings. The number of pyridine rings is 1. The number of alkyl halides is 2. The zero-order valence-corrected chi connectivity index (χ0v) is 20.4. The molecule has 0 bridgehead atoms. The molecule has 6 nitrogen and oxygen atoms in total. The third-order valence-electron chi connectivity index (χ3n) is 5.92. The molecule has 1 unspecified atom stereocenters. The van der Waals surface area contributed by atoms with Crippen LogP contribution < -0.4 is 14.2 Å². The minimum Gasteiger partial charge on any atom is -0.489 e. The molecule has 1 N–H and O–H groups in total. The van der Waals surface area contributed by atoms with E-state index in [9.17, 15) is 13.6 Å². The molecule has 0 aliphatic carbocycles. The third kappa shape index (κ3) is 5.94. The fraction of sp³-hybridized carbons (Fsp3) is 0.214. The van der Waals surface area contributed by atoms with Gasteiger partial charge in [-0.15, -0.1) is 11.8 Å². The molecule has 0 radical (unpaired) electrons. The number of fused-ring (bicyclic) bond motifs is 3. The van der Waals surface area contributed by atoms with Gasteiger partial charge in [0.05, 0.1) is 22.9 Å². The van der Waals surface area contributed by atoms with Gasteiger partial charge in [-0.1, -0.05) is 30.3 Å². The molecule has 37 heavy (non-hydrogen) atoms. The summed E-state index contributed by atoms with van der Waals surface area (Å²) in [5.74, 6) is 1.01. The van der Waals surface area contributed by atoms with Crippen LogP contribution in [0.2, 0.25) is 0 Å². The Balaban J connectivity index is 1.38. The van der Waals surface area contributed by atoms with Crippen molar-refractivity contribution >= 4 is 28.6 Å². The van der Waals surface area contributed by atoms with E-state index >= 15 is 0 Å². The number of halogens is 2. The zero-order valence-electron chi connectivity index (χ0n) is 19.6. The average molecular weight is 524 g/mol. The Kier molecular flexibility index (Phi) is 7.41. The van der Waals surface area contributed by atoms with Gasteiger partial charge < -0.3 is 19.3 Å². The van der Waals surface area contributed by atoms with Crippen molar-refractivity contribution in [3.05, 3.63) is 95.2 Å². The predicted octanol–water partition coefficient (Wildman–Crippen LogP) is 6.60. The van der Waals surface area contributed by atoms with Crippen molar-refractivity contribution in [2.45, 2.75) is 31.5 Å². The highest BCUT2D eigenvalue weighted by Gasteiger charge is 2.26. The Bertz CT molecular complexity index is 1430. The zero-order chi connectivity index (χ0) is 25.8. The molecule has 2 heterocycles. The van der Waals surface area contributed by atoms with Crippen LogP contribution in [0.25, 0.3) is 10.9 Å². The second kappa shape index (κ2) is 11.0. The third-order valence-corrected chi connectivity index (χ3v) is 7.20. The van der Waals surface area contributed by atoms with Crippen molar-refractivity contribution in [2.75, 3.05) is 5.75 Å². The maximum atomic E-state index is 12.6. The molecule has 1 aliphatic rings. The minimum absolute atomic E-state index is 0.0468.